The maximum atomic E-state index is 5.69. The molecule has 0 amide bonds. The van der Waals surface area contributed by atoms with Gasteiger partial charge in [-0.3, -0.25) is 0 Å². The van der Waals surface area contributed by atoms with Gasteiger partial charge < -0.3 is 15.5 Å². The first-order chi connectivity index (χ1) is 8.25. The molecule has 92 valence electrons. The standard InChI is InChI=1S/C7H4ClNO.C5H12N2/c8-5-1-2-6-7(3-5)10-4-9-6;6-5-1-3-7-4-2-5/h1-4H;5,7H,1-4,6H2. The van der Waals surface area contributed by atoms with Crippen molar-refractivity contribution in [3.63, 3.8) is 0 Å². The number of hydrogen-bond donors (Lipinski definition) is 2. The molecule has 1 aliphatic rings. The van der Waals surface area contributed by atoms with Crippen molar-refractivity contribution in [3.05, 3.63) is 29.6 Å². The number of piperidine rings is 1. The molecule has 3 rings (SSSR count). The van der Waals surface area contributed by atoms with Gasteiger partial charge in [-0.25, -0.2) is 4.98 Å². The van der Waals surface area contributed by atoms with Crippen LogP contribution in [-0.2, 0) is 0 Å². The molecule has 0 atom stereocenters. The minimum atomic E-state index is 0.473. The molecule has 0 radical (unpaired) electrons. The van der Waals surface area contributed by atoms with Gasteiger partial charge in [0.2, 0.25) is 0 Å². The van der Waals surface area contributed by atoms with Gasteiger partial charge in [0.1, 0.15) is 5.52 Å². The van der Waals surface area contributed by atoms with Gasteiger partial charge in [0, 0.05) is 17.1 Å². The zero-order chi connectivity index (χ0) is 12.1. The van der Waals surface area contributed by atoms with Crippen LogP contribution in [-0.4, -0.2) is 24.1 Å². The fraction of sp³-hybridized carbons (Fsp3) is 0.417. The van der Waals surface area contributed by atoms with Crippen molar-refractivity contribution in [2.45, 2.75) is 18.9 Å². The number of rotatable bonds is 0. The highest BCUT2D eigenvalue weighted by molar-refractivity contribution is 6.31. The molecule has 1 fully saturated rings. The van der Waals surface area contributed by atoms with E-state index in [4.69, 9.17) is 21.8 Å². The fourth-order valence-electron chi connectivity index (χ4n) is 1.67. The van der Waals surface area contributed by atoms with Crippen LogP contribution in [0, 0.1) is 0 Å². The van der Waals surface area contributed by atoms with E-state index in [1.165, 1.54) is 6.39 Å². The van der Waals surface area contributed by atoms with Gasteiger partial charge in [0.05, 0.1) is 0 Å². The first kappa shape index (κ1) is 12.4. The van der Waals surface area contributed by atoms with Crippen LogP contribution in [0.5, 0.6) is 0 Å². The lowest BCUT2D eigenvalue weighted by Gasteiger charge is -2.17. The van der Waals surface area contributed by atoms with E-state index in [1.807, 2.05) is 6.07 Å². The maximum Gasteiger partial charge on any atom is 0.181 e. The van der Waals surface area contributed by atoms with Crippen molar-refractivity contribution >= 4 is 22.7 Å². The lowest BCUT2D eigenvalue weighted by Crippen LogP contribution is -2.35. The molecule has 1 aromatic heterocycles. The van der Waals surface area contributed by atoms with E-state index in [0.29, 0.717) is 11.1 Å². The van der Waals surface area contributed by atoms with Crippen LogP contribution in [0.4, 0.5) is 0 Å². The Morgan fingerprint density at radius 2 is 2.12 bits per heavy atom. The highest BCUT2D eigenvalue weighted by Gasteiger charge is 2.05. The molecule has 0 unspecified atom stereocenters. The molecule has 2 aromatic rings. The lowest BCUT2D eigenvalue weighted by molar-refractivity contribution is 0.458. The molecule has 0 bridgehead atoms. The largest absolute Gasteiger partial charge is 0.443 e. The van der Waals surface area contributed by atoms with Crippen LogP contribution >= 0.6 is 11.6 Å². The normalized spacial score (nSPS) is 16.6. The minimum Gasteiger partial charge on any atom is -0.443 e. The smallest absolute Gasteiger partial charge is 0.181 e. The lowest BCUT2D eigenvalue weighted by atomic mass is 10.1. The molecule has 0 saturated carbocycles. The molecule has 2 heterocycles. The zero-order valence-electron chi connectivity index (χ0n) is 9.53. The maximum absolute atomic E-state index is 5.69. The summed E-state index contributed by atoms with van der Waals surface area (Å²) in [6.07, 6.45) is 3.71. The monoisotopic (exact) mass is 253 g/mol. The summed E-state index contributed by atoms with van der Waals surface area (Å²) in [5.74, 6) is 0. The Labute approximate surface area is 105 Å². The summed E-state index contributed by atoms with van der Waals surface area (Å²) in [6.45, 7) is 2.22. The van der Waals surface area contributed by atoms with Crippen molar-refractivity contribution in [3.8, 4) is 0 Å². The number of nitrogens with two attached hydrogens (primary N) is 1. The fourth-order valence-corrected chi connectivity index (χ4v) is 1.84. The topological polar surface area (TPSA) is 64.1 Å². The van der Waals surface area contributed by atoms with Gasteiger partial charge in [0.25, 0.3) is 0 Å². The van der Waals surface area contributed by atoms with E-state index in [1.54, 1.807) is 12.1 Å². The summed E-state index contributed by atoms with van der Waals surface area (Å²) in [7, 11) is 0. The Bertz CT molecular complexity index is 465. The molecule has 5 heteroatoms. The number of hydrogen-bond acceptors (Lipinski definition) is 4. The van der Waals surface area contributed by atoms with E-state index >= 15 is 0 Å². The summed E-state index contributed by atoms with van der Waals surface area (Å²) >= 11 is 5.69. The zero-order valence-corrected chi connectivity index (χ0v) is 10.3. The van der Waals surface area contributed by atoms with E-state index in [-0.39, 0.29) is 0 Å². The van der Waals surface area contributed by atoms with Gasteiger partial charge in [-0.05, 0) is 38.1 Å². The van der Waals surface area contributed by atoms with Crippen LogP contribution in [0.25, 0.3) is 11.1 Å². The first-order valence-corrected chi connectivity index (χ1v) is 6.08. The van der Waals surface area contributed by atoms with E-state index in [0.717, 1.165) is 37.0 Å². The SMILES string of the molecule is Clc1ccc2ncoc2c1.NC1CCNCC1. The molecular weight excluding hydrogens is 238 g/mol. The number of oxazole rings is 1. The molecule has 1 aromatic carbocycles. The van der Waals surface area contributed by atoms with Gasteiger partial charge in [0.15, 0.2) is 12.0 Å². The van der Waals surface area contributed by atoms with Crippen molar-refractivity contribution in [1.82, 2.24) is 10.3 Å². The summed E-state index contributed by atoms with van der Waals surface area (Å²) in [5.41, 5.74) is 7.16. The van der Waals surface area contributed by atoms with Crippen molar-refractivity contribution in [2.24, 2.45) is 5.73 Å². The van der Waals surface area contributed by atoms with Gasteiger partial charge >= 0.3 is 0 Å². The molecule has 3 N–H and O–H groups in total. The second kappa shape index (κ2) is 6.00. The molecule has 1 aliphatic heterocycles. The van der Waals surface area contributed by atoms with E-state index in [2.05, 4.69) is 10.3 Å². The first-order valence-electron chi connectivity index (χ1n) is 5.71. The Morgan fingerprint density at radius 3 is 2.76 bits per heavy atom. The van der Waals surface area contributed by atoms with Gasteiger partial charge in [-0.15, -0.1) is 0 Å². The number of fused-ring (bicyclic) bond motifs is 1. The van der Waals surface area contributed by atoms with Crippen molar-refractivity contribution in [2.75, 3.05) is 13.1 Å². The van der Waals surface area contributed by atoms with Crippen molar-refractivity contribution in [1.29, 1.82) is 0 Å². The number of nitrogens with one attached hydrogen (secondary N) is 1. The Balaban J connectivity index is 0.000000136. The quantitative estimate of drug-likeness (QED) is 0.755. The minimum absolute atomic E-state index is 0.473. The van der Waals surface area contributed by atoms with E-state index < -0.39 is 0 Å². The third kappa shape index (κ3) is 3.70. The Morgan fingerprint density at radius 1 is 1.35 bits per heavy atom. The molecule has 0 aliphatic carbocycles. The average Bonchev–Trinajstić information content (AvgIpc) is 2.78. The number of benzene rings is 1. The average molecular weight is 254 g/mol. The van der Waals surface area contributed by atoms with Crippen LogP contribution < -0.4 is 11.1 Å². The summed E-state index contributed by atoms with van der Waals surface area (Å²) in [5, 5.41) is 3.91. The highest BCUT2D eigenvalue weighted by atomic mass is 35.5. The predicted molar refractivity (Wildman–Crippen MR) is 69.1 cm³/mol. The van der Waals surface area contributed by atoms with Crippen molar-refractivity contribution < 1.29 is 4.42 Å². The highest BCUT2D eigenvalue weighted by Crippen LogP contribution is 2.17. The summed E-state index contributed by atoms with van der Waals surface area (Å²) < 4.78 is 5.00. The summed E-state index contributed by atoms with van der Waals surface area (Å²) in [6, 6.07) is 5.82. The van der Waals surface area contributed by atoms with Crippen LogP contribution in [0.3, 0.4) is 0 Å². The molecule has 4 nitrogen and oxygen atoms in total. The second-order valence-corrected chi connectivity index (χ2v) is 4.49. The predicted octanol–water partition coefficient (Wildman–Crippen LogP) is 2.18. The molecule has 0 spiro atoms. The number of nitrogens with zero attached hydrogens (tertiary/aromatic N) is 1. The van der Waals surface area contributed by atoms with Crippen LogP contribution in [0.1, 0.15) is 12.8 Å². The van der Waals surface area contributed by atoms with Gasteiger partial charge in [-0.2, -0.15) is 0 Å². The number of aromatic nitrogens is 1. The summed E-state index contributed by atoms with van der Waals surface area (Å²) in [4.78, 5) is 3.93. The molecule has 17 heavy (non-hydrogen) atoms. The Kier molecular flexibility index (Phi) is 4.36. The second-order valence-electron chi connectivity index (χ2n) is 4.05. The van der Waals surface area contributed by atoms with Crippen LogP contribution in [0.15, 0.2) is 29.0 Å². The Hall–Kier alpha value is -1.10. The molecular formula is C12H16ClN3O. The third-order valence-corrected chi connectivity index (χ3v) is 2.91. The molecule has 1 saturated heterocycles. The van der Waals surface area contributed by atoms with Crippen LogP contribution in [0.2, 0.25) is 5.02 Å². The number of halogens is 1. The third-order valence-electron chi connectivity index (χ3n) is 2.68. The van der Waals surface area contributed by atoms with Gasteiger partial charge in [-0.1, -0.05) is 11.6 Å². The van der Waals surface area contributed by atoms with E-state index in [9.17, 15) is 0 Å².